The molecule has 0 aliphatic rings. The second kappa shape index (κ2) is 5.65. The van der Waals surface area contributed by atoms with Gasteiger partial charge >= 0.3 is 0 Å². The lowest BCUT2D eigenvalue weighted by Crippen LogP contribution is -1.98. The molecule has 0 aliphatic heterocycles. The number of aromatic nitrogens is 1. The monoisotopic (exact) mass is 301 g/mol. The fraction of sp³-hybridized carbons (Fsp3) is 0.143. The predicted molar refractivity (Wildman–Crippen MR) is 75.8 cm³/mol. The normalized spacial score (nSPS) is 9.83. The van der Waals surface area contributed by atoms with Gasteiger partial charge in [0.2, 0.25) is 0 Å². The Bertz CT molecular complexity index is 602. The van der Waals surface area contributed by atoms with Crippen LogP contribution in [0.2, 0.25) is 0 Å². The van der Waals surface area contributed by atoms with Gasteiger partial charge in [-0.1, -0.05) is 22.9 Å². The molecule has 0 amide bonds. The molecule has 2 rings (SSSR count). The topological polar surface area (TPSA) is 48.7 Å². The van der Waals surface area contributed by atoms with E-state index in [0.717, 1.165) is 22.3 Å². The summed E-state index contributed by atoms with van der Waals surface area (Å²) in [7, 11) is 0. The smallest absolute Gasteiger partial charge is 0.163 e. The summed E-state index contributed by atoms with van der Waals surface area (Å²) in [5.41, 5.74) is 3.34. The van der Waals surface area contributed by atoms with Crippen molar-refractivity contribution >= 4 is 27.3 Å². The number of nitrogens with zero attached hydrogens (tertiary/aromatic N) is 2. The van der Waals surface area contributed by atoms with Crippen LogP contribution in [0.1, 0.15) is 18.2 Å². The van der Waals surface area contributed by atoms with Gasteiger partial charge < -0.3 is 5.32 Å². The molecule has 3 nitrogen and oxygen atoms in total. The van der Waals surface area contributed by atoms with E-state index in [0.29, 0.717) is 5.69 Å². The second-order valence-corrected chi connectivity index (χ2v) is 4.71. The number of benzene rings is 1. The maximum absolute atomic E-state index is 9.01. The zero-order valence-corrected chi connectivity index (χ0v) is 11.5. The summed E-state index contributed by atoms with van der Waals surface area (Å²) in [6.45, 7) is 2.10. The van der Waals surface area contributed by atoms with Gasteiger partial charge in [-0.3, -0.25) is 0 Å². The summed E-state index contributed by atoms with van der Waals surface area (Å²) in [5, 5.41) is 12.3. The number of pyridine rings is 1. The van der Waals surface area contributed by atoms with Crippen LogP contribution in [-0.4, -0.2) is 4.98 Å². The van der Waals surface area contributed by atoms with Gasteiger partial charge in [-0.05, 0) is 42.3 Å². The standard InChI is InChI=1S/C14H12BrN3/c1-2-10-8-11(15)5-6-12(10)18-13-4-3-7-17-14(13)9-16/h3-8,18H,2H2,1H3. The molecule has 90 valence electrons. The van der Waals surface area contributed by atoms with Gasteiger partial charge in [0, 0.05) is 16.4 Å². The molecule has 18 heavy (non-hydrogen) atoms. The van der Waals surface area contributed by atoms with Crippen LogP contribution in [0.25, 0.3) is 0 Å². The zero-order chi connectivity index (χ0) is 13.0. The van der Waals surface area contributed by atoms with Gasteiger partial charge in [0.15, 0.2) is 5.69 Å². The van der Waals surface area contributed by atoms with Crippen LogP contribution in [0.15, 0.2) is 41.0 Å². The predicted octanol–water partition coefficient (Wildman–Crippen LogP) is 4.02. The molecule has 0 fully saturated rings. The van der Waals surface area contributed by atoms with Crippen LogP contribution in [0.3, 0.4) is 0 Å². The maximum atomic E-state index is 9.01. The Morgan fingerprint density at radius 2 is 2.17 bits per heavy atom. The van der Waals surface area contributed by atoms with Crippen molar-refractivity contribution in [3.8, 4) is 6.07 Å². The number of anilines is 2. The third kappa shape index (κ3) is 2.69. The van der Waals surface area contributed by atoms with E-state index in [1.54, 1.807) is 6.20 Å². The largest absolute Gasteiger partial charge is 0.353 e. The summed E-state index contributed by atoms with van der Waals surface area (Å²) in [6, 6.07) is 11.8. The Morgan fingerprint density at radius 1 is 1.33 bits per heavy atom. The Kier molecular flexibility index (Phi) is 3.96. The Hall–Kier alpha value is -1.86. The summed E-state index contributed by atoms with van der Waals surface area (Å²) in [4.78, 5) is 4.03. The van der Waals surface area contributed by atoms with Gasteiger partial charge in [0.05, 0.1) is 5.69 Å². The van der Waals surface area contributed by atoms with E-state index < -0.39 is 0 Å². The maximum Gasteiger partial charge on any atom is 0.163 e. The molecular formula is C14H12BrN3. The number of hydrogen-bond donors (Lipinski definition) is 1. The molecule has 0 saturated carbocycles. The molecule has 4 heteroatoms. The van der Waals surface area contributed by atoms with E-state index in [-0.39, 0.29) is 0 Å². The molecule has 0 atom stereocenters. The average Bonchev–Trinajstić information content (AvgIpc) is 2.41. The third-order valence-electron chi connectivity index (χ3n) is 2.63. The highest BCUT2D eigenvalue weighted by Gasteiger charge is 2.06. The first-order valence-electron chi connectivity index (χ1n) is 5.65. The molecule has 0 saturated heterocycles. The minimum Gasteiger partial charge on any atom is -0.353 e. The first-order chi connectivity index (χ1) is 8.74. The molecular weight excluding hydrogens is 290 g/mol. The Balaban J connectivity index is 2.37. The van der Waals surface area contributed by atoms with Crippen LogP contribution < -0.4 is 5.32 Å². The van der Waals surface area contributed by atoms with Crippen molar-refractivity contribution in [1.29, 1.82) is 5.26 Å². The van der Waals surface area contributed by atoms with Gasteiger partial charge in [0.1, 0.15) is 6.07 Å². The molecule has 0 unspecified atom stereocenters. The lowest BCUT2D eigenvalue weighted by Gasteiger charge is -2.12. The van der Waals surface area contributed by atoms with E-state index in [2.05, 4.69) is 45.3 Å². The first kappa shape index (κ1) is 12.6. The molecule has 1 aromatic heterocycles. The Labute approximate surface area is 115 Å². The lowest BCUT2D eigenvalue weighted by atomic mass is 10.1. The van der Waals surface area contributed by atoms with Crippen molar-refractivity contribution in [3.05, 3.63) is 52.3 Å². The quantitative estimate of drug-likeness (QED) is 0.931. The van der Waals surface area contributed by atoms with Crippen molar-refractivity contribution in [2.75, 3.05) is 5.32 Å². The SMILES string of the molecule is CCc1cc(Br)ccc1Nc1cccnc1C#N. The summed E-state index contributed by atoms with van der Waals surface area (Å²) in [6.07, 6.45) is 2.54. The minimum absolute atomic E-state index is 0.405. The summed E-state index contributed by atoms with van der Waals surface area (Å²) in [5.74, 6) is 0. The summed E-state index contributed by atoms with van der Waals surface area (Å²) < 4.78 is 1.05. The van der Waals surface area contributed by atoms with Crippen molar-refractivity contribution in [1.82, 2.24) is 4.98 Å². The van der Waals surface area contributed by atoms with Crippen LogP contribution in [0.5, 0.6) is 0 Å². The molecule has 2 aromatic rings. The molecule has 1 N–H and O–H groups in total. The molecule has 0 bridgehead atoms. The number of halogens is 1. The first-order valence-corrected chi connectivity index (χ1v) is 6.44. The number of hydrogen-bond acceptors (Lipinski definition) is 3. The molecule has 0 spiro atoms. The average molecular weight is 302 g/mol. The molecule has 1 aromatic carbocycles. The van der Waals surface area contributed by atoms with Gasteiger partial charge in [-0.15, -0.1) is 0 Å². The minimum atomic E-state index is 0.405. The van der Waals surface area contributed by atoms with E-state index in [1.165, 1.54) is 5.56 Å². The number of nitriles is 1. The second-order valence-electron chi connectivity index (χ2n) is 3.79. The highest BCUT2D eigenvalue weighted by molar-refractivity contribution is 9.10. The van der Waals surface area contributed by atoms with E-state index in [4.69, 9.17) is 5.26 Å². The van der Waals surface area contributed by atoms with Crippen molar-refractivity contribution in [2.45, 2.75) is 13.3 Å². The molecule has 0 aliphatic carbocycles. The van der Waals surface area contributed by atoms with Crippen LogP contribution in [0, 0.1) is 11.3 Å². The van der Waals surface area contributed by atoms with Crippen molar-refractivity contribution in [2.24, 2.45) is 0 Å². The Morgan fingerprint density at radius 3 is 2.89 bits per heavy atom. The molecule has 0 radical (unpaired) electrons. The summed E-state index contributed by atoms with van der Waals surface area (Å²) >= 11 is 3.46. The fourth-order valence-electron chi connectivity index (χ4n) is 1.72. The van der Waals surface area contributed by atoms with Gasteiger partial charge in [0.25, 0.3) is 0 Å². The number of rotatable bonds is 3. The van der Waals surface area contributed by atoms with Crippen molar-refractivity contribution < 1.29 is 0 Å². The van der Waals surface area contributed by atoms with E-state index >= 15 is 0 Å². The van der Waals surface area contributed by atoms with Crippen LogP contribution >= 0.6 is 15.9 Å². The zero-order valence-electron chi connectivity index (χ0n) is 9.94. The van der Waals surface area contributed by atoms with Crippen LogP contribution in [0.4, 0.5) is 11.4 Å². The third-order valence-corrected chi connectivity index (χ3v) is 3.12. The highest BCUT2D eigenvalue weighted by atomic mass is 79.9. The highest BCUT2D eigenvalue weighted by Crippen LogP contribution is 2.25. The number of aryl methyl sites for hydroxylation is 1. The van der Waals surface area contributed by atoms with Crippen molar-refractivity contribution in [3.63, 3.8) is 0 Å². The van der Waals surface area contributed by atoms with E-state index in [1.807, 2.05) is 24.3 Å². The van der Waals surface area contributed by atoms with Gasteiger partial charge in [-0.2, -0.15) is 5.26 Å². The molecule has 1 heterocycles. The van der Waals surface area contributed by atoms with E-state index in [9.17, 15) is 0 Å². The lowest BCUT2D eigenvalue weighted by molar-refractivity contribution is 1.14. The van der Waals surface area contributed by atoms with Gasteiger partial charge in [-0.25, -0.2) is 4.98 Å². The number of nitrogens with one attached hydrogen (secondary N) is 1. The van der Waals surface area contributed by atoms with Crippen LogP contribution in [-0.2, 0) is 6.42 Å². The fourth-order valence-corrected chi connectivity index (χ4v) is 2.13.